The molecule has 5 nitrogen and oxygen atoms in total. The van der Waals surface area contributed by atoms with Crippen molar-refractivity contribution >= 4 is 12.0 Å². The first-order valence-corrected chi connectivity index (χ1v) is 9.10. The maximum Gasteiger partial charge on any atom is 0.338 e. The molecular formula is C20H26N2O3. The van der Waals surface area contributed by atoms with Crippen LogP contribution in [0.4, 0.5) is 4.79 Å². The molecule has 1 aromatic carbocycles. The van der Waals surface area contributed by atoms with Crippen LogP contribution in [0, 0.1) is 6.92 Å². The van der Waals surface area contributed by atoms with Crippen molar-refractivity contribution in [2.75, 3.05) is 0 Å². The summed E-state index contributed by atoms with van der Waals surface area (Å²) in [6.07, 6.45) is 6.45. The van der Waals surface area contributed by atoms with Gasteiger partial charge in [0, 0.05) is 5.70 Å². The minimum absolute atomic E-state index is 0.0221. The van der Waals surface area contributed by atoms with Crippen molar-refractivity contribution in [3.05, 3.63) is 46.7 Å². The summed E-state index contributed by atoms with van der Waals surface area (Å²) in [5.74, 6) is -0.330. The van der Waals surface area contributed by atoms with Gasteiger partial charge < -0.3 is 15.4 Å². The molecule has 1 heterocycles. The number of carbonyl (C=O) groups excluding carboxylic acids is 2. The molecule has 0 bridgehead atoms. The maximum absolute atomic E-state index is 12.9. The quantitative estimate of drug-likeness (QED) is 0.647. The Bertz CT molecular complexity index is 688. The monoisotopic (exact) mass is 342 g/mol. The highest BCUT2D eigenvalue weighted by molar-refractivity contribution is 5.95. The molecule has 134 valence electrons. The van der Waals surface area contributed by atoms with Gasteiger partial charge in [0.25, 0.3) is 0 Å². The molecule has 1 atom stereocenters. The number of aryl methyl sites for hydroxylation is 1. The van der Waals surface area contributed by atoms with Crippen LogP contribution in [0.2, 0.25) is 0 Å². The van der Waals surface area contributed by atoms with Gasteiger partial charge >= 0.3 is 12.0 Å². The lowest BCUT2D eigenvalue weighted by Crippen LogP contribution is -2.45. The molecule has 0 unspecified atom stereocenters. The summed E-state index contributed by atoms with van der Waals surface area (Å²) in [5, 5.41) is 5.57. The van der Waals surface area contributed by atoms with Crippen molar-refractivity contribution in [1.82, 2.24) is 10.6 Å². The Morgan fingerprint density at radius 2 is 1.84 bits per heavy atom. The van der Waals surface area contributed by atoms with Crippen LogP contribution in [-0.2, 0) is 9.53 Å². The van der Waals surface area contributed by atoms with Gasteiger partial charge in [0.05, 0.1) is 11.6 Å². The standard InChI is InChI=1S/C20H26N2O3/c1-13-8-7-9-15(12-13)18-17(14(2)21-20(24)22-18)19(23)25-16-10-5-3-4-6-11-16/h7-9,12,16,18H,3-6,10-11H2,1-2H3,(H2,21,22,24)/t18-/m1/s1. The van der Waals surface area contributed by atoms with Crippen molar-refractivity contribution in [2.24, 2.45) is 0 Å². The smallest absolute Gasteiger partial charge is 0.338 e. The van der Waals surface area contributed by atoms with Gasteiger partial charge in [0.15, 0.2) is 0 Å². The molecule has 5 heteroatoms. The second-order valence-electron chi connectivity index (χ2n) is 7.00. The molecule has 1 saturated carbocycles. The largest absolute Gasteiger partial charge is 0.459 e. The van der Waals surface area contributed by atoms with E-state index < -0.39 is 6.04 Å². The summed E-state index contributed by atoms with van der Waals surface area (Å²) < 4.78 is 5.81. The average molecular weight is 342 g/mol. The van der Waals surface area contributed by atoms with Gasteiger partial charge in [-0.05, 0) is 45.1 Å². The second-order valence-corrected chi connectivity index (χ2v) is 7.00. The van der Waals surface area contributed by atoms with Gasteiger partial charge in [-0.3, -0.25) is 0 Å². The Balaban J connectivity index is 1.85. The first kappa shape index (κ1) is 17.5. The molecule has 2 N–H and O–H groups in total. The first-order valence-electron chi connectivity index (χ1n) is 9.10. The number of urea groups is 1. The molecule has 0 saturated heterocycles. The number of allylic oxidation sites excluding steroid dienone is 1. The van der Waals surface area contributed by atoms with E-state index in [1.165, 1.54) is 12.8 Å². The number of amides is 2. The lowest BCUT2D eigenvalue weighted by atomic mass is 9.94. The van der Waals surface area contributed by atoms with Gasteiger partial charge in [-0.15, -0.1) is 0 Å². The Morgan fingerprint density at radius 1 is 1.12 bits per heavy atom. The van der Waals surface area contributed by atoms with Gasteiger partial charge in [-0.1, -0.05) is 42.7 Å². The Hall–Kier alpha value is -2.30. The van der Waals surface area contributed by atoms with Gasteiger partial charge in [0.1, 0.15) is 6.10 Å². The molecule has 2 aliphatic rings. The van der Waals surface area contributed by atoms with Crippen LogP contribution in [0.5, 0.6) is 0 Å². The van der Waals surface area contributed by atoms with E-state index in [1.807, 2.05) is 31.2 Å². The summed E-state index contributed by atoms with van der Waals surface area (Å²) in [5.41, 5.74) is 3.03. The van der Waals surface area contributed by atoms with E-state index >= 15 is 0 Å². The van der Waals surface area contributed by atoms with Gasteiger partial charge in [-0.25, -0.2) is 9.59 Å². The predicted molar refractivity (Wildman–Crippen MR) is 95.9 cm³/mol. The van der Waals surface area contributed by atoms with Gasteiger partial charge in [-0.2, -0.15) is 0 Å². The molecule has 3 rings (SSSR count). The van der Waals surface area contributed by atoms with Crippen LogP contribution in [0.15, 0.2) is 35.5 Å². The van der Waals surface area contributed by atoms with Crippen molar-refractivity contribution in [3.8, 4) is 0 Å². The SMILES string of the molecule is CC1=C(C(=O)OC2CCCCCC2)[C@@H](c2cccc(C)c2)NC(=O)N1. The number of ether oxygens (including phenoxy) is 1. The lowest BCUT2D eigenvalue weighted by Gasteiger charge is -2.29. The molecule has 2 amide bonds. The molecule has 0 spiro atoms. The summed E-state index contributed by atoms with van der Waals surface area (Å²) in [6, 6.07) is 7.06. The highest BCUT2D eigenvalue weighted by Crippen LogP contribution is 2.29. The molecule has 1 aromatic rings. The summed E-state index contributed by atoms with van der Waals surface area (Å²) in [4.78, 5) is 24.8. The molecule has 0 radical (unpaired) electrons. The number of hydrogen-bond donors (Lipinski definition) is 2. The minimum atomic E-state index is -0.480. The van der Waals surface area contributed by atoms with Crippen molar-refractivity contribution in [3.63, 3.8) is 0 Å². The van der Waals surface area contributed by atoms with Crippen LogP contribution in [-0.4, -0.2) is 18.1 Å². The number of hydrogen-bond acceptors (Lipinski definition) is 3. The zero-order valence-electron chi connectivity index (χ0n) is 14.9. The van der Waals surface area contributed by atoms with Crippen LogP contribution >= 0.6 is 0 Å². The Labute approximate surface area is 148 Å². The van der Waals surface area contributed by atoms with Crippen LogP contribution in [0.3, 0.4) is 0 Å². The first-order chi connectivity index (χ1) is 12.0. The predicted octanol–water partition coefficient (Wildman–Crippen LogP) is 3.89. The summed E-state index contributed by atoms with van der Waals surface area (Å²) >= 11 is 0. The summed E-state index contributed by atoms with van der Waals surface area (Å²) in [7, 11) is 0. The molecule has 0 aromatic heterocycles. The van der Waals surface area contributed by atoms with Crippen LogP contribution < -0.4 is 10.6 Å². The number of rotatable bonds is 3. The topological polar surface area (TPSA) is 67.4 Å². The maximum atomic E-state index is 12.9. The number of nitrogens with one attached hydrogen (secondary N) is 2. The fourth-order valence-corrected chi connectivity index (χ4v) is 3.64. The third kappa shape index (κ3) is 4.21. The minimum Gasteiger partial charge on any atom is -0.459 e. The third-order valence-electron chi connectivity index (χ3n) is 4.94. The van der Waals surface area contributed by atoms with E-state index in [0.29, 0.717) is 11.3 Å². The fourth-order valence-electron chi connectivity index (χ4n) is 3.64. The number of benzene rings is 1. The van der Waals surface area contributed by atoms with Crippen molar-refractivity contribution < 1.29 is 14.3 Å². The fraction of sp³-hybridized carbons (Fsp3) is 0.500. The zero-order valence-corrected chi connectivity index (χ0v) is 14.9. The molecule has 1 fully saturated rings. The summed E-state index contributed by atoms with van der Waals surface area (Å²) in [6.45, 7) is 3.75. The molecule has 1 aliphatic heterocycles. The van der Waals surface area contributed by atoms with E-state index in [-0.39, 0.29) is 18.1 Å². The van der Waals surface area contributed by atoms with E-state index in [1.54, 1.807) is 6.92 Å². The van der Waals surface area contributed by atoms with E-state index in [2.05, 4.69) is 10.6 Å². The van der Waals surface area contributed by atoms with Crippen molar-refractivity contribution in [1.29, 1.82) is 0 Å². The normalized spacial score (nSPS) is 22.0. The average Bonchev–Trinajstić information content (AvgIpc) is 2.82. The van der Waals surface area contributed by atoms with Crippen LogP contribution in [0.1, 0.15) is 62.6 Å². The van der Waals surface area contributed by atoms with E-state index in [4.69, 9.17) is 4.74 Å². The molecule has 25 heavy (non-hydrogen) atoms. The number of esters is 1. The Kier molecular flexibility index (Phi) is 5.41. The van der Waals surface area contributed by atoms with E-state index in [9.17, 15) is 9.59 Å². The Morgan fingerprint density at radius 3 is 2.52 bits per heavy atom. The van der Waals surface area contributed by atoms with E-state index in [0.717, 1.165) is 36.8 Å². The second kappa shape index (κ2) is 7.72. The molecule has 1 aliphatic carbocycles. The van der Waals surface area contributed by atoms with Crippen molar-refractivity contribution in [2.45, 2.75) is 64.5 Å². The zero-order chi connectivity index (χ0) is 17.8. The third-order valence-corrected chi connectivity index (χ3v) is 4.94. The van der Waals surface area contributed by atoms with Gasteiger partial charge in [0.2, 0.25) is 0 Å². The highest BCUT2D eigenvalue weighted by atomic mass is 16.5. The molecular weight excluding hydrogens is 316 g/mol. The highest BCUT2D eigenvalue weighted by Gasteiger charge is 2.33. The number of carbonyl (C=O) groups is 2. The van der Waals surface area contributed by atoms with Crippen LogP contribution in [0.25, 0.3) is 0 Å². The lowest BCUT2D eigenvalue weighted by molar-refractivity contribution is -0.145.